The van der Waals surface area contributed by atoms with Crippen molar-refractivity contribution in [2.45, 2.75) is 11.3 Å². The smallest absolute Gasteiger partial charge is 0.0919 e. The molecule has 1 heteroatoms. The average Bonchev–Trinajstić information content (AvgIpc) is 3.19. The SMILES string of the molecule is C1=C[C@]2(c3ccccc3)C(CO1)[C@H]2c1ccccc1. The maximum absolute atomic E-state index is 5.54. The standard InChI is InChI=1S/C18H16O/c1-3-7-14(8-4-1)17-16-13-19-12-11-18(16,17)15-9-5-2-6-10-15/h1-12,16-17H,13H2/t16?,17-,18+/m1/s1. The molecule has 94 valence electrons. The van der Waals surface area contributed by atoms with Gasteiger partial charge in [0.1, 0.15) is 0 Å². The molecule has 0 aromatic heterocycles. The highest BCUT2D eigenvalue weighted by Gasteiger charge is 2.65. The normalized spacial score (nSPS) is 31.4. The molecule has 1 aliphatic carbocycles. The van der Waals surface area contributed by atoms with E-state index in [9.17, 15) is 0 Å². The Kier molecular flexibility index (Phi) is 2.28. The third-order valence-corrected chi connectivity index (χ3v) is 4.57. The lowest BCUT2D eigenvalue weighted by Gasteiger charge is -2.17. The van der Waals surface area contributed by atoms with Gasteiger partial charge in [0.25, 0.3) is 0 Å². The Balaban J connectivity index is 1.81. The van der Waals surface area contributed by atoms with E-state index in [1.807, 2.05) is 6.26 Å². The van der Waals surface area contributed by atoms with Gasteiger partial charge in [-0.3, -0.25) is 0 Å². The van der Waals surface area contributed by atoms with Crippen LogP contribution in [0.5, 0.6) is 0 Å². The van der Waals surface area contributed by atoms with Gasteiger partial charge in [0.15, 0.2) is 0 Å². The van der Waals surface area contributed by atoms with Gasteiger partial charge >= 0.3 is 0 Å². The molecule has 1 heterocycles. The molecule has 1 fully saturated rings. The zero-order chi connectivity index (χ0) is 12.7. The molecule has 0 amide bonds. The maximum Gasteiger partial charge on any atom is 0.0919 e. The molecule has 2 aromatic carbocycles. The van der Waals surface area contributed by atoms with Crippen molar-refractivity contribution >= 4 is 0 Å². The fourth-order valence-corrected chi connectivity index (χ4v) is 3.65. The van der Waals surface area contributed by atoms with Crippen molar-refractivity contribution in [3.8, 4) is 0 Å². The van der Waals surface area contributed by atoms with Crippen molar-refractivity contribution in [1.29, 1.82) is 0 Å². The summed E-state index contributed by atoms with van der Waals surface area (Å²) in [6, 6.07) is 21.6. The van der Waals surface area contributed by atoms with Gasteiger partial charge in [-0.2, -0.15) is 0 Å². The highest BCUT2D eigenvalue weighted by Crippen LogP contribution is 2.67. The highest BCUT2D eigenvalue weighted by molar-refractivity contribution is 5.51. The first kappa shape index (κ1) is 10.9. The summed E-state index contributed by atoms with van der Waals surface area (Å²) in [7, 11) is 0. The van der Waals surface area contributed by atoms with Gasteiger partial charge in [0.05, 0.1) is 12.9 Å². The van der Waals surface area contributed by atoms with E-state index in [0.29, 0.717) is 11.8 Å². The topological polar surface area (TPSA) is 9.23 Å². The molecule has 1 nitrogen and oxygen atoms in total. The number of rotatable bonds is 2. The second kappa shape index (κ2) is 3.99. The van der Waals surface area contributed by atoms with Gasteiger partial charge in [-0.15, -0.1) is 0 Å². The predicted octanol–water partition coefficient (Wildman–Crippen LogP) is 3.88. The monoisotopic (exact) mass is 248 g/mol. The summed E-state index contributed by atoms with van der Waals surface area (Å²) >= 11 is 0. The second-order valence-corrected chi connectivity index (χ2v) is 5.43. The first-order valence-corrected chi connectivity index (χ1v) is 6.83. The lowest BCUT2D eigenvalue weighted by molar-refractivity contribution is 0.212. The molecular formula is C18H16O. The Labute approximate surface area is 113 Å². The van der Waals surface area contributed by atoms with Crippen molar-refractivity contribution in [2.75, 3.05) is 6.61 Å². The molecule has 0 bridgehead atoms. The first-order valence-electron chi connectivity index (χ1n) is 6.83. The average molecular weight is 248 g/mol. The van der Waals surface area contributed by atoms with Crippen molar-refractivity contribution in [2.24, 2.45) is 5.92 Å². The van der Waals surface area contributed by atoms with E-state index in [-0.39, 0.29) is 5.41 Å². The van der Waals surface area contributed by atoms with E-state index in [0.717, 1.165) is 6.61 Å². The third kappa shape index (κ3) is 1.48. The molecule has 0 spiro atoms. The maximum atomic E-state index is 5.54. The van der Waals surface area contributed by atoms with Crippen LogP contribution >= 0.6 is 0 Å². The molecular weight excluding hydrogens is 232 g/mol. The number of allylic oxidation sites excluding steroid dienone is 1. The van der Waals surface area contributed by atoms with Crippen LogP contribution in [0.25, 0.3) is 0 Å². The number of fused-ring (bicyclic) bond motifs is 1. The van der Waals surface area contributed by atoms with E-state index >= 15 is 0 Å². The van der Waals surface area contributed by atoms with Gasteiger partial charge in [-0.25, -0.2) is 0 Å². The van der Waals surface area contributed by atoms with Gasteiger partial charge < -0.3 is 4.74 Å². The number of hydrogen-bond donors (Lipinski definition) is 0. The molecule has 3 atom stereocenters. The second-order valence-electron chi connectivity index (χ2n) is 5.43. The molecule has 19 heavy (non-hydrogen) atoms. The molecule has 2 aromatic rings. The summed E-state index contributed by atoms with van der Waals surface area (Å²) in [4.78, 5) is 0. The molecule has 4 rings (SSSR count). The highest BCUT2D eigenvalue weighted by atomic mass is 16.5. The van der Waals surface area contributed by atoms with E-state index in [4.69, 9.17) is 4.74 Å². The van der Waals surface area contributed by atoms with Crippen molar-refractivity contribution < 1.29 is 4.74 Å². The van der Waals surface area contributed by atoms with Crippen LogP contribution in [0.1, 0.15) is 17.0 Å². The lowest BCUT2D eigenvalue weighted by Crippen LogP contribution is -2.13. The van der Waals surface area contributed by atoms with Crippen molar-refractivity contribution in [1.82, 2.24) is 0 Å². The van der Waals surface area contributed by atoms with E-state index in [2.05, 4.69) is 66.7 Å². The Morgan fingerprint density at radius 3 is 2.32 bits per heavy atom. The third-order valence-electron chi connectivity index (χ3n) is 4.57. The molecule has 1 unspecified atom stereocenters. The zero-order valence-corrected chi connectivity index (χ0v) is 10.7. The number of ether oxygens (including phenoxy) is 1. The van der Waals surface area contributed by atoms with Crippen LogP contribution in [0, 0.1) is 5.92 Å². The Hall–Kier alpha value is -2.02. The molecule has 1 saturated carbocycles. The molecule has 0 saturated heterocycles. The van der Waals surface area contributed by atoms with Gasteiger partial charge in [-0.1, -0.05) is 60.7 Å². The summed E-state index contributed by atoms with van der Waals surface area (Å²) in [6.07, 6.45) is 4.14. The molecule has 0 N–H and O–H groups in total. The zero-order valence-electron chi connectivity index (χ0n) is 10.7. The number of hydrogen-bond acceptors (Lipinski definition) is 1. The van der Waals surface area contributed by atoms with Crippen LogP contribution < -0.4 is 0 Å². The minimum Gasteiger partial charge on any atom is -0.501 e. The minimum absolute atomic E-state index is 0.154. The van der Waals surface area contributed by atoms with Crippen LogP contribution in [0.2, 0.25) is 0 Å². The molecule has 1 aliphatic heterocycles. The quantitative estimate of drug-likeness (QED) is 0.783. The fourth-order valence-electron chi connectivity index (χ4n) is 3.65. The largest absolute Gasteiger partial charge is 0.501 e. The summed E-state index contributed by atoms with van der Waals surface area (Å²) in [5.41, 5.74) is 2.99. The van der Waals surface area contributed by atoms with Crippen molar-refractivity contribution in [3.05, 3.63) is 84.1 Å². The predicted molar refractivity (Wildman–Crippen MR) is 75.9 cm³/mol. The van der Waals surface area contributed by atoms with Crippen LogP contribution in [0.3, 0.4) is 0 Å². The van der Waals surface area contributed by atoms with E-state index in [1.165, 1.54) is 11.1 Å². The Morgan fingerprint density at radius 2 is 1.58 bits per heavy atom. The van der Waals surface area contributed by atoms with E-state index in [1.54, 1.807) is 0 Å². The first-order chi connectivity index (χ1) is 9.43. The van der Waals surface area contributed by atoms with Crippen LogP contribution in [0.4, 0.5) is 0 Å². The van der Waals surface area contributed by atoms with Crippen LogP contribution in [-0.4, -0.2) is 6.61 Å². The van der Waals surface area contributed by atoms with Crippen LogP contribution in [0.15, 0.2) is 73.0 Å². The summed E-state index contributed by atoms with van der Waals surface area (Å²) in [5.74, 6) is 1.12. The summed E-state index contributed by atoms with van der Waals surface area (Å²) < 4.78 is 5.54. The van der Waals surface area contributed by atoms with Crippen LogP contribution in [-0.2, 0) is 10.2 Å². The molecule has 2 aliphatic rings. The van der Waals surface area contributed by atoms with Gasteiger partial charge in [0.2, 0.25) is 0 Å². The Morgan fingerprint density at radius 1 is 0.895 bits per heavy atom. The number of benzene rings is 2. The lowest BCUT2D eigenvalue weighted by atomic mass is 9.89. The van der Waals surface area contributed by atoms with Crippen molar-refractivity contribution in [3.63, 3.8) is 0 Å². The van der Waals surface area contributed by atoms with Gasteiger partial charge in [-0.05, 0) is 17.2 Å². The summed E-state index contributed by atoms with van der Waals surface area (Å²) in [5, 5.41) is 0. The van der Waals surface area contributed by atoms with Gasteiger partial charge in [0, 0.05) is 17.3 Å². The minimum atomic E-state index is 0.154. The Bertz CT molecular complexity index is 602. The fraction of sp³-hybridized carbons (Fsp3) is 0.222. The van der Waals surface area contributed by atoms with E-state index < -0.39 is 0 Å². The summed E-state index contributed by atoms with van der Waals surface area (Å²) in [6.45, 7) is 0.824. The molecule has 0 radical (unpaired) electrons.